The lowest BCUT2D eigenvalue weighted by molar-refractivity contribution is 0.795. The van der Waals surface area contributed by atoms with Gasteiger partial charge in [0.15, 0.2) is 5.82 Å². The number of rotatable bonds is 1. The van der Waals surface area contributed by atoms with Crippen molar-refractivity contribution in [3.63, 3.8) is 0 Å². The second kappa shape index (κ2) is 4.14. The minimum absolute atomic E-state index is 0.384. The molecule has 0 aliphatic carbocycles. The fourth-order valence-corrected chi connectivity index (χ4v) is 1.92. The van der Waals surface area contributed by atoms with E-state index in [9.17, 15) is 0 Å². The predicted octanol–water partition coefficient (Wildman–Crippen LogP) is 3.00. The van der Waals surface area contributed by atoms with Gasteiger partial charge in [-0.25, -0.2) is 14.6 Å². The highest BCUT2D eigenvalue weighted by molar-refractivity contribution is 9.10. The average Bonchev–Trinajstić information content (AvgIpc) is 2.50. The van der Waals surface area contributed by atoms with Crippen LogP contribution < -0.4 is 0 Å². The van der Waals surface area contributed by atoms with Gasteiger partial charge in [0.25, 0.3) is 0 Å². The number of halogens is 2. The SMILES string of the molecule is Cc1nn(-c2ncnc(Cl)c2Br)c(C)c1C. The predicted molar refractivity (Wildman–Crippen MR) is 66.1 cm³/mol. The monoisotopic (exact) mass is 300 g/mol. The van der Waals surface area contributed by atoms with Crippen molar-refractivity contribution in [1.82, 2.24) is 19.7 Å². The Bertz CT molecular complexity index is 550. The van der Waals surface area contributed by atoms with Gasteiger partial charge in [-0.2, -0.15) is 5.10 Å². The zero-order valence-corrected chi connectivity index (χ0v) is 11.5. The molecule has 84 valence electrons. The average molecular weight is 302 g/mol. The van der Waals surface area contributed by atoms with Gasteiger partial charge in [0.1, 0.15) is 11.5 Å². The summed E-state index contributed by atoms with van der Waals surface area (Å²) in [7, 11) is 0. The van der Waals surface area contributed by atoms with Crippen LogP contribution in [-0.4, -0.2) is 19.7 Å². The lowest BCUT2D eigenvalue weighted by atomic mass is 10.2. The second-order valence-corrected chi connectivity index (χ2v) is 4.66. The van der Waals surface area contributed by atoms with Crippen molar-refractivity contribution in [2.75, 3.05) is 0 Å². The Morgan fingerprint density at radius 1 is 1.25 bits per heavy atom. The second-order valence-electron chi connectivity index (χ2n) is 3.51. The van der Waals surface area contributed by atoms with Crippen LogP contribution in [0.2, 0.25) is 5.15 Å². The van der Waals surface area contributed by atoms with Gasteiger partial charge in [-0.3, -0.25) is 0 Å². The van der Waals surface area contributed by atoms with Crippen molar-refractivity contribution in [1.29, 1.82) is 0 Å². The zero-order valence-electron chi connectivity index (χ0n) is 9.12. The summed E-state index contributed by atoms with van der Waals surface area (Å²) in [6, 6.07) is 0. The third-order valence-electron chi connectivity index (χ3n) is 2.58. The van der Waals surface area contributed by atoms with E-state index >= 15 is 0 Å². The van der Waals surface area contributed by atoms with E-state index in [1.165, 1.54) is 6.33 Å². The molecule has 0 N–H and O–H groups in total. The molecule has 0 aromatic carbocycles. The van der Waals surface area contributed by atoms with Crippen LogP contribution in [0.25, 0.3) is 5.82 Å². The Hall–Kier alpha value is -0.940. The normalized spacial score (nSPS) is 10.8. The molecule has 4 nitrogen and oxygen atoms in total. The summed E-state index contributed by atoms with van der Waals surface area (Å²) >= 11 is 9.29. The molecule has 0 fully saturated rings. The highest BCUT2D eigenvalue weighted by Crippen LogP contribution is 2.26. The minimum Gasteiger partial charge on any atom is -0.223 e. The molecule has 0 amide bonds. The molecule has 6 heteroatoms. The van der Waals surface area contributed by atoms with Gasteiger partial charge in [-0.15, -0.1) is 0 Å². The standard InChI is InChI=1S/C10H10BrClN4/c1-5-6(2)15-16(7(5)3)10-8(11)9(12)13-4-14-10/h4H,1-3H3. The van der Waals surface area contributed by atoms with Gasteiger partial charge < -0.3 is 0 Å². The van der Waals surface area contributed by atoms with Crippen LogP contribution in [0.1, 0.15) is 17.0 Å². The summed E-state index contributed by atoms with van der Waals surface area (Å²) in [6.07, 6.45) is 1.42. The number of aromatic nitrogens is 4. The number of hydrogen-bond acceptors (Lipinski definition) is 3. The van der Waals surface area contributed by atoms with Crippen LogP contribution in [0.5, 0.6) is 0 Å². The van der Waals surface area contributed by atoms with E-state index in [-0.39, 0.29) is 0 Å². The quantitative estimate of drug-likeness (QED) is 0.761. The highest BCUT2D eigenvalue weighted by Gasteiger charge is 2.14. The Balaban J connectivity index is 2.68. The van der Waals surface area contributed by atoms with Crippen LogP contribution in [0.15, 0.2) is 10.8 Å². The first kappa shape index (κ1) is 11.5. The molecule has 0 aliphatic rings. The van der Waals surface area contributed by atoms with Gasteiger partial charge in [0.05, 0.1) is 10.2 Å². The van der Waals surface area contributed by atoms with Crippen molar-refractivity contribution >= 4 is 27.5 Å². The molecule has 0 aliphatic heterocycles. The summed E-state index contributed by atoms with van der Waals surface area (Å²) in [4.78, 5) is 8.07. The van der Waals surface area contributed by atoms with E-state index in [1.54, 1.807) is 4.68 Å². The topological polar surface area (TPSA) is 43.6 Å². The Kier molecular flexibility index (Phi) is 2.99. The van der Waals surface area contributed by atoms with Gasteiger partial charge in [-0.05, 0) is 42.3 Å². The Morgan fingerprint density at radius 3 is 2.50 bits per heavy atom. The van der Waals surface area contributed by atoms with Crippen molar-refractivity contribution < 1.29 is 0 Å². The van der Waals surface area contributed by atoms with E-state index < -0.39 is 0 Å². The summed E-state index contributed by atoms with van der Waals surface area (Å²) in [5.41, 5.74) is 3.19. The molecule has 0 bridgehead atoms. The number of hydrogen-bond donors (Lipinski definition) is 0. The third-order valence-corrected chi connectivity index (χ3v) is 3.83. The summed E-state index contributed by atoms with van der Waals surface area (Å²) in [5, 5.41) is 4.80. The first-order valence-corrected chi connectivity index (χ1v) is 5.88. The van der Waals surface area contributed by atoms with Crippen LogP contribution in [0, 0.1) is 20.8 Å². The first-order chi connectivity index (χ1) is 7.52. The maximum absolute atomic E-state index is 5.92. The molecular formula is C10H10BrClN4. The molecule has 0 unspecified atom stereocenters. The summed E-state index contributed by atoms with van der Waals surface area (Å²) in [5.74, 6) is 0.661. The first-order valence-electron chi connectivity index (χ1n) is 4.71. The largest absolute Gasteiger partial charge is 0.223 e. The van der Waals surface area contributed by atoms with Crippen LogP contribution >= 0.6 is 27.5 Å². The molecule has 16 heavy (non-hydrogen) atoms. The smallest absolute Gasteiger partial charge is 0.172 e. The lowest BCUT2D eigenvalue weighted by Crippen LogP contribution is -2.04. The molecule has 0 atom stereocenters. The highest BCUT2D eigenvalue weighted by atomic mass is 79.9. The summed E-state index contributed by atoms with van der Waals surface area (Å²) < 4.78 is 2.42. The molecule has 2 aromatic rings. The van der Waals surface area contributed by atoms with Gasteiger partial charge in [0.2, 0.25) is 0 Å². The fourth-order valence-electron chi connectivity index (χ4n) is 1.41. The van der Waals surface area contributed by atoms with E-state index in [2.05, 4.69) is 31.0 Å². The van der Waals surface area contributed by atoms with Crippen molar-refractivity contribution in [2.24, 2.45) is 0 Å². The van der Waals surface area contributed by atoms with Crippen molar-refractivity contribution in [2.45, 2.75) is 20.8 Å². The number of nitrogens with zero attached hydrogens (tertiary/aromatic N) is 4. The van der Waals surface area contributed by atoms with E-state index in [0.29, 0.717) is 15.4 Å². The molecular weight excluding hydrogens is 291 g/mol. The molecule has 2 rings (SSSR count). The molecule has 2 heterocycles. The Morgan fingerprint density at radius 2 is 1.94 bits per heavy atom. The van der Waals surface area contributed by atoms with Gasteiger partial charge in [-0.1, -0.05) is 11.6 Å². The minimum atomic E-state index is 0.384. The molecule has 0 saturated carbocycles. The van der Waals surface area contributed by atoms with Crippen molar-refractivity contribution in [3.8, 4) is 5.82 Å². The zero-order chi connectivity index (χ0) is 11.9. The van der Waals surface area contributed by atoms with E-state index in [0.717, 1.165) is 17.0 Å². The van der Waals surface area contributed by atoms with Crippen molar-refractivity contribution in [3.05, 3.63) is 32.9 Å². The molecule has 2 aromatic heterocycles. The Labute approximate surface area is 107 Å². The van der Waals surface area contributed by atoms with Crippen LogP contribution in [-0.2, 0) is 0 Å². The van der Waals surface area contributed by atoms with E-state index in [4.69, 9.17) is 11.6 Å². The third kappa shape index (κ3) is 1.74. The fraction of sp³-hybridized carbons (Fsp3) is 0.300. The lowest BCUT2D eigenvalue weighted by Gasteiger charge is -2.06. The number of aryl methyl sites for hydroxylation is 1. The van der Waals surface area contributed by atoms with Crippen LogP contribution in [0.3, 0.4) is 0 Å². The van der Waals surface area contributed by atoms with Gasteiger partial charge >= 0.3 is 0 Å². The van der Waals surface area contributed by atoms with Gasteiger partial charge in [0, 0.05) is 5.69 Å². The molecule has 0 radical (unpaired) electrons. The summed E-state index contributed by atoms with van der Waals surface area (Å²) in [6.45, 7) is 6.00. The van der Waals surface area contributed by atoms with Crippen LogP contribution in [0.4, 0.5) is 0 Å². The molecule has 0 saturated heterocycles. The maximum Gasteiger partial charge on any atom is 0.172 e. The van der Waals surface area contributed by atoms with E-state index in [1.807, 2.05) is 20.8 Å². The maximum atomic E-state index is 5.92. The molecule has 0 spiro atoms.